The zero-order valence-electron chi connectivity index (χ0n) is 11.4. The largest absolute Gasteiger partial charge is 0.481 e. The zero-order valence-corrected chi connectivity index (χ0v) is 11.4. The van der Waals surface area contributed by atoms with Crippen LogP contribution in [0.4, 0.5) is 0 Å². The molecule has 0 unspecified atom stereocenters. The van der Waals surface area contributed by atoms with E-state index in [1.807, 2.05) is 0 Å². The van der Waals surface area contributed by atoms with Crippen LogP contribution in [0, 0.1) is 11.8 Å². The first-order chi connectivity index (χ1) is 9.43. The molecule has 7 heteroatoms. The first kappa shape index (κ1) is 16.4. The van der Waals surface area contributed by atoms with Crippen LogP contribution in [-0.2, 0) is 14.4 Å². The molecule has 1 aliphatic carbocycles. The summed E-state index contributed by atoms with van der Waals surface area (Å²) in [7, 11) is 0. The Kier molecular flexibility index (Phi) is 6.44. The van der Waals surface area contributed by atoms with Gasteiger partial charge in [-0.1, -0.05) is 0 Å². The highest BCUT2D eigenvalue weighted by atomic mass is 16.4. The summed E-state index contributed by atoms with van der Waals surface area (Å²) in [4.78, 5) is 33.5. The molecule has 1 amide bonds. The molecule has 1 saturated carbocycles. The maximum atomic E-state index is 12.0. The molecule has 0 radical (unpaired) electrons. The summed E-state index contributed by atoms with van der Waals surface area (Å²) in [6.07, 6.45) is 2.78. The standard InChI is InChI=1S/C13H22N2O5/c14-7-8-1-3-9(4-2-8)12(18)15-10(13(19)20)5-6-11(16)17/h8-10H,1-7,14H2,(H,15,18)(H,16,17)(H,19,20)/t8?,9?,10-/m0/s1. The van der Waals surface area contributed by atoms with Crippen molar-refractivity contribution in [2.24, 2.45) is 17.6 Å². The van der Waals surface area contributed by atoms with Gasteiger partial charge in [-0.15, -0.1) is 0 Å². The number of aliphatic carboxylic acids is 2. The minimum Gasteiger partial charge on any atom is -0.481 e. The Labute approximate surface area is 117 Å². The van der Waals surface area contributed by atoms with Crippen molar-refractivity contribution in [3.05, 3.63) is 0 Å². The third-order valence-electron chi connectivity index (χ3n) is 3.81. The molecule has 0 saturated heterocycles. The molecule has 0 aromatic carbocycles. The summed E-state index contributed by atoms with van der Waals surface area (Å²) < 4.78 is 0. The molecule has 0 heterocycles. The molecule has 0 aromatic rings. The molecule has 20 heavy (non-hydrogen) atoms. The lowest BCUT2D eigenvalue weighted by molar-refractivity contribution is -0.143. The van der Waals surface area contributed by atoms with Crippen LogP contribution in [0.25, 0.3) is 0 Å². The molecule has 0 bridgehead atoms. The summed E-state index contributed by atoms with van der Waals surface area (Å²) in [5.74, 6) is -2.31. The number of carbonyl (C=O) groups is 3. The number of carbonyl (C=O) groups excluding carboxylic acids is 1. The number of rotatable bonds is 7. The number of nitrogens with two attached hydrogens (primary N) is 1. The van der Waals surface area contributed by atoms with Gasteiger partial charge in [-0.2, -0.15) is 0 Å². The Morgan fingerprint density at radius 2 is 1.75 bits per heavy atom. The second-order valence-electron chi connectivity index (χ2n) is 5.29. The predicted molar refractivity (Wildman–Crippen MR) is 70.9 cm³/mol. The van der Waals surface area contributed by atoms with E-state index in [4.69, 9.17) is 15.9 Å². The lowest BCUT2D eigenvalue weighted by Gasteiger charge is -2.27. The normalized spacial score (nSPS) is 23.9. The van der Waals surface area contributed by atoms with Gasteiger partial charge in [0.1, 0.15) is 6.04 Å². The van der Waals surface area contributed by atoms with Crippen molar-refractivity contribution >= 4 is 17.8 Å². The van der Waals surface area contributed by atoms with Crippen LogP contribution in [0.5, 0.6) is 0 Å². The van der Waals surface area contributed by atoms with Crippen molar-refractivity contribution < 1.29 is 24.6 Å². The van der Waals surface area contributed by atoms with Crippen molar-refractivity contribution in [1.29, 1.82) is 0 Å². The van der Waals surface area contributed by atoms with Crippen LogP contribution in [0.15, 0.2) is 0 Å². The number of amides is 1. The van der Waals surface area contributed by atoms with Crippen LogP contribution >= 0.6 is 0 Å². The summed E-state index contributed by atoms with van der Waals surface area (Å²) in [6, 6.07) is -1.13. The highest BCUT2D eigenvalue weighted by Crippen LogP contribution is 2.28. The summed E-state index contributed by atoms with van der Waals surface area (Å²) in [5, 5.41) is 20.0. The van der Waals surface area contributed by atoms with Gasteiger partial charge in [0, 0.05) is 12.3 Å². The number of hydrogen-bond acceptors (Lipinski definition) is 4. The van der Waals surface area contributed by atoms with Crippen molar-refractivity contribution in [2.75, 3.05) is 6.54 Å². The molecule has 0 aromatic heterocycles. The van der Waals surface area contributed by atoms with Crippen molar-refractivity contribution in [2.45, 2.75) is 44.6 Å². The number of carboxylic acid groups (broad SMARTS) is 2. The van der Waals surface area contributed by atoms with Crippen molar-refractivity contribution in [1.82, 2.24) is 5.32 Å². The highest BCUT2D eigenvalue weighted by Gasteiger charge is 2.29. The molecule has 114 valence electrons. The second kappa shape index (κ2) is 7.84. The van der Waals surface area contributed by atoms with Gasteiger partial charge in [0.25, 0.3) is 0 Å². The molecule has 0 aliphatic heterocycles. The molecule has 1 fully saturated rings. The van der Waals surface area contributed by atoms with E-state index in [1.54, 1.807) is 0 Å². The van der Waals surface area contributed by atoms with Gasteiger partial charge in [0.2, 0.25) is 5.91 Å². The molecule has 1 rings (SSSR count). The molecule has 1 atom stereocenters. The SMILES string of the molecule is NCC1CCC(C(=O)N[C@@H](CCC(=O)O)C(=O)O)CC1. The van der Waals surface area contributed by atoms with Gasteiger partial charge in [0.15, 0.2) is 0 Å². The minimum absolute atomic E-state index is 0.103. The summed E-state index contributed by atoms with van der Waals surface area (Å²) >= 11 is 0. The Morgan fingerprint density at radius 1 is 1.15 bits per heavy atom. The second-order valence-corrected chi connectivity index (χ2v) is 5.29. The van der Waals surface area contributed by atoms with E-state index in [1.165, 1.54) is 0 Å². The van der Waals surface area contributed by atoms with Gasteiger partial charge in [0.05, 0.1) is 0 Å². The van der Waals surface area contributed by atoms with Gasteiger partial charge in [-0.25, -0.2) is 4.79 Å². The highest BCUT2D eigenvalue weighted by molar-refractivity contribution is 5.85. The lowest BCUT2D eigenvalue weighted by Crippen LogP contribution is -2.44. The Balaban J connectivity index is 2.45. The van der Waals surface area contributed by atoms with E-state index in [9.17, 15) is 14.4 Å². The van der Waals surface area contributed by atoms with Crippen molar-refractivity contribution in [3.63, 3.8) is 0 Å². The van der Waals surface area contributed by atoms with E-state index in [2.05, 4.69) is 5.32 Å². The Morgan fingerprint density at radius 3 is 2.20 bits per heavy atom. The van der Waals surface area contributed by atoms with Gasteiger partial charge in [-0.3, -0.25) is 9.59 Å². The number of nitrogens with one attached hydrogen (secondary N) is 1. The maximum absolute atomic E-state index is 12.0. The first-order valence-corrected chi connectivity index (χ1v) is 6.89. The lowest BCUT2D eigenvalue weighted by atomic mass is 9.81. The fraction of sp³-hybridized carbons (Fsp3) is 0.769. The van der Waals surface area contributed by atoms with E-state index >= 15 is 0 Å². The Bertz CT molecular complexity index is 364. The van der Waals surface area contributed by atoms with Gasteiger partial charge in [-0.05, 0) is 44.6 Å². The van der Waals surface area contributed by atoms with Crippen LogP contribution < -0.4 is 11.1 Å². The van der Waals surface area contributed by atoms with E-state index < -0.39 is 18.0 Å². The van der Waals surface area contributed by atoms with E-state index in [-0.39, 0.29) is 24.7 Å². The smallest absolute Gasteiger partial charge is 0.326 e. The molecule has 0 spiro atoms. The summed E-state index contributed by atoms with van der Waals surface area (Å²) in [5.41, 5.74) is 5.58. The molecule has 5 N–H and O–H groups in total. The molecular formula is C13H22N2O5. The topological polar surface area (TPSA) is 130 Å². The third-order valence-corrected chi connectivity index (χ3v) is 3.81. The van der Waals surface area contributed by atoms with E-state index in [0.717, 1.165) is 12.8 Å². The first-order valence-electron chi connectivity index (χ1n) is 6.89. The zero-order chi connectivity index (χ0) is 15.1. The predicted octanol–water partition coefficient (Wildman–Crippen LogP) is 0.186. The summed E-state index contributed by atoms with van der Waals surface area (Å²) in [6.45, 7) is 0.616. The molecular weight excluding hydrogens is 264 g/mol. The van der Waals surface area contributed by atoms with E-state index in [0.29, 0.717) is 25.3 Å². The van der Waals surface area contributed by atoms with Crippen LogP contribution in [-0.4, -0.2) is 40.6 Å². The quantitative estimate of drug-likeness (QED) is 0.528. The number of carboxylic acids is 2. The Hall–Kier alpha value is -1.63. The molecule has 7 nitrogen and oxygen atoms in total. The van der Waals surface area contributed by atoms with Crippen LogP contribution in [0.1, 0.15) is 38.5 Å². The maximum Gasteiger partial charge on any atom is 0.326 e. The average molecular weight is 286 g/mol. The number of hydrogen-bond donors (Lipinski definition) is 4. The van der Waals surface area contributed by atoms with Crippen molar-refractivity contribution in [3.8, 4) is 0 Å². The van der Waals surface area contributed by atoms with Crippen LogP contribution in [0.2, 0.25) is 0 Å². The van der Waals surface area contributed by atoms with Gasteiger partial charge < -0.3 is 21.3 Å². The molecule has 1 aliphatic rings. The monoisotopic (exact) mass is 286 g/mol. The fourth-order valence-corrected chi connectivity index (χ4v) is 2.48. The fourth-order valence-electron chi connectivity index (χ4n) is 2.48. The third kappa shape index (κ3) is 5.16. The van der Waals surface area contributed by atoms with Gasteiger partial charge >= 0.3 is 11.9 Å². The average Bonchev–Trinajstić information content (AvgIpc) is 2.42. The van der Waals surface area contributed by atoms with Crippen LogP contribution in [0.3, 0.4) is 0 Å². The minimum atomic E-state index is -1.20.